The van der Waals surface area contributed by atoms with Crippen molar-refractivity contribution in [3.8, 4) is 0 Å². The Bertz CT molecular complexity index is 939. The average molecular weight is 351 g/mol. The molecule has 0 aliphatic carbocycles. The molecule has 4 heteroatoms. The summed E-state index contributed by atoms with van der Waals surface area (Å²) in [4.78, 5) is 19.8. The van der Waals surface area contributed by atoms with Crippen molar-refractivity contribution in [3.63, 3.8) is 0 Å². The van der Waals surface area contributed by atoms with Crippen molar-refractivity contribution in [1.82, 2.24) is 9.88 Å². The van der Waals surface area contributed by atoms with E-state index in [9.17, 15) is 4.79 Å². The Morgan fingerprint density at radius 3 is 2.76 bits per heavy atom. The molecule has 3 nitrogen and oxygen atoms in total. The van der Waals surface area contributed by atoms with Gasteiger partial charge in [-0.15, -0.1) is 0 Å². The molecule has 0 bridgehead atoms. The number of aromatic nitrogens is 1. The third-order valence-electron chi connectivity index (χ3n) is 4.90. The van der Waals surface area contributed by atoms with E-state index in [2.05, 4.69) is 17.1 Å². The molecule has 1 aliphatic heterocycles. The first-order valence-corrected chi connectivity index (χ1v) is 8.94. The second kappa shape index (κ2) is 6.49. The SMILES string of the molecule is Cc1nc2ccc(Cl)cc2cc1C(=O)N1CCCC1c1ccccc1. The Balaban J connectivity index is 1.72. The van der Waals surface area contributed by atoms with Crippen LogP contribution in [0.1, 0.15) is 40.5 Å². The zero-order valence-electron chi connectivity index (χ0n) is 14.1. The summed E-state index contributed by atoms with van der Waals surface area (Å²) in [6.45, 7) is 2.68. The first-order chi connectivity index (χ1) is 12.1. The van der Waals surface area contributed by atoms with Crippen molar-refractivity contribution >= 4 is 28.4 Å². The summed E-state index contributed by atoms with van der Waals surface area (Å²) in [5.41, 5.74) is 3.48. The number of nitrogens with zero attached hydrogens (tertiary/aromatic N) is 2. The number of halogens is 1. The van der Waals surface area contributed by atoms with Gasteiger partial charge in [0.15, 0.2) is 0 Å². The molecule has 1 atom stereocenters. The fourth-order valence-corrected chi connectivity index (χ4v) is 3.83. The molecule has 1 saturated heterocycles. The van der Waals surface area contributed by atoms with Crippen LogP contribution in [-0.2, 0) is 0 Å². The molecule has 2 heterocycles. The summed E-state index contributed by atoms with van der Waals surface area (Å²) >= 11 is 6.10. The van der Waals surface area contributed by atoms with Crippen LogP contribution in [-0.4, -0.2) is 22.3 Å². The first kappa shape index (κ1) is 16.1. The van der Waals surface area contributed by atoms with Crippen molar-refractivity contribution in [2.75, 3.05) is 6.54 Å². The number of amides is 1. The van der Waals surface area contributed by atoms with Crippen molar-refractivity contribution in [3.05, 3.63) is 76.4 Å². The second-order valence-corrected chi connectivity index (χ2v) is 6.96. The predicted molar refractivity (Wildman–Crippen MR) is 101 cm³/mol. The number of fused-ring (bicyclic) bond motifs is 1. The monoisotopic (exact) mass is 350 g/mol. The van der Waals surface area contributed by atoms with Crippen molar-refractivity contribution in [2.45, 2.75) is 25.8 Å². The van der Waals surface area contributed by atoms with Crippen LogP contribution in [0, 0.1) is 6.92 Å². The maximum Gasteiger partial charge on any atom is 0.256 e. The lowest BCUT2D eigenvalue weighted by molar-refractivity contribution is 0.0734. The van der Waals surface area contributed by atoms with Crippen LogP contribution in [0.15, 0.2) is 54.6 Å². The number of aryl methyl sites for hydroxylation is 1. The summed E-state index contributed by atoms with van der Waals surface area (Å²) < 4.78 is 0. The standard InChI is InChI=1S/C21H19ClN2O/c1-14-18(13-16-12-17(22)9-10-19(16)23-14)21(25)24-11-5-8-20(24)15-6-3-2-4-7-15/h2-4,6-7,9-10,12-13,20H,5,8,11H2,1H3. The van der Waals surface area contributed by atoms with Crippen molar-refractivity contribution in [1.29, 1.82) is 0 Å². The second-order valence-electron chi connectivity index (χ2n) is 6.53. The van der Waals surface area contributed by atoms with Gasteiger partial charge in [0, 0.05) is 17.0 Å². The molecule has 0 spiro atoms. The van der Waals surface area contributed by atoms with Gasteiger partial charge in [-0.25, -0.2) is 0 Å². The maximum atomic E-state index is 13.2. The molecule has 0 N–H and O–H groups in total. The van der Waals surface area contributed by atoms with Crippen LogP contribution in [0.25, 0.3) is 10.9 Å². The van der Waals surface area contributed by atoms with E-state index in [1.807, 2.05) is 54.3 Å². The summed E-state index contributed by atoms with van der Waals surface area (Å²) in [6.07, 6.45) is 2.03. The van der Waals surface area contributed by atoms with Gasteiger partial charge in [-0.1, -0.05) is 41.9 Å². The van der Waals surface area contributed by atoms with E-state index in [1.165, 1.54) is 5.56 Å². The van der Waals surface area contributed by atoms with E-state index in [0.29, 0.717) is 10.6 Å². The Hall–Kier alpha value is -2.39. The van der Waals surface area contributed by atoms with Crippen molar-refractivity contribution < 1.29 is 4.79 Å². The Morgan fingerprint density at radius 2 is 1.96 bits per heavy atom. The van der Waals surface area contributed by atoms with E-state index in [4.69, 9.17) is 11.6 Å². The van der Waals surface area contributed by atoms with Gasteiger partial charge in [-0.05, 0) is 49.6 Å². The smallest absolute Gasteiger partial charge is 0.256 e. The lowest BCUT2D eigenvalue weighted by atomic mass is 10.0. The third kappa shape index (κ3) is 3.00. The van der Waals surface area contributed by atoms with Crippen LogP contribution in [0.4, 0.5) is 0 Å². The number of carbonyl (C=O) groups excluding carboxylic acids is 1. The zero-order chi connectivity index (χ0) is 17.4. The van der Waals surface area contributed by atoms with Gasteiger partial charge in [0.2, 0.25) is 0 Å². The van der Waals surface area contributed by atoms with Crippen LogP contribution >= 0.6 is 11.6 Å². The normalized spacial score (nSPS) is 17.2. The number of benzene rings is 2. The van der Waals surface area contributed by atoms with E-state index in [1.54, 1.807) is 0 Å². The molecule has 0 saturated carbocycles. The number of carbonyl (C=O) groups is 1. The lowest BCUT2D eigenvalue weighted by Gasteiger charge is -2.26. The summed E-state index contributed by atoms with van der Waals surface area (Å²) in [6, 6.07) is 17.9. The zero-order valence-corrected chi connectivity index (χ0v) is 14.8. The fourth-order valence-electron chi connectivity index (χ4n) is 3.65. The Kier molecular flexibility index (Phi) is 4.18. The summed E-state index contributed by atoms with van der Waals surface area (Å²) in [7, 11) is 0. The number of hydrogen-bond acceptors (Lipinski definition) is 2. The topological polar surface area (TPSA) is 33.2 Å². The highest BCUT2D eigenvalue weighted by Gasteiger charge is 2.31. The Labute approximate surface area is 152 Å². The molecule has 1 amide bonds. The van der Waals surface area contributed by atoms with Crippen molar-refractivity contribution in [2.24, 2.45) is 0 Å². The fraction of sp³-hybridized carbons (Fsp3) is 0.238. The van der Waals surface area contributed by atoms with Gasteiger partial charge in [0.05, 0.1) is 22.8 Å². The highest BCUT2D eigenvalue weighted by Crippen LogP contribution is 2.33. The minimum Gasteiger partial charge on any atom is -0.332 e. The van der Waals surface area contributed by atoms with Crippen LogP contribution in [0.5, 0.6) is 0 Å². The molecule has 0 radical (unpaired) electrons. The lowest BCUT2D eigenvalue weighted by Crippen LogP contribution is -2.31. The largest absolute Gasteiger partial charge is 0.332 e. The number of hydrogen-bond donors (Lipinski definition) is 0. The number of rotatable bonds is 2. The van der Waals surface area contributed by atoms with E-state index < -0.39 is 0 Å². The molecule has 3 aromatic rings. The first-order valence-electron chi connectivity index (χ1n) is 8.56. The van der Waals surface area contributed by atoms with Gasteiger partial charge < -0.3 is 4.90 Å². The quantitative estimate of drug-likeness (QED) is 0.638. The molecule has 1 unspecified atom stereocenters. The molecule has 25 heavy (non-hydrogen) atoms. The highest BCUT2D eigenvalue weighted by molar-refractivity contribution is 6.31. The number of pyridine rings is 1. The predicted octanol–water partition coefficient (Wildman–Crippen LogP) is 5.17. The summed E-state index contributed by atoms with van der Waals surface area (Å²) in [5.74, 6) is 0.0539. The van der Waals surface area contributed by atoms with Gasteiger partial charge in [-0.2, -0.15) is 0 Å². The van der Waals surface area contributed by atoms with E-state index >= 15 is 0 Å². The molecule has 126 valence electrons. The summed E-state index contributed by atoms with van der Waals surface area (Å²) in [5, 5.41) is 1.55. The molecule has 1 aliphatic rings. The molecular weight excluding hydrogens is 332 g/mol. The number of likely N-dealkylation sites (tertiary alicyclic amines) is 1. The van der Waals surface area contributed by atoms with Gasteiger partial charge in [0.25, 0.3) is 5.91 Å². The molecule has 1 fully saturated rings. The van der Waals surface area contributed by atoms with Gasteiger partial charge >= 0.3 is 0 Å². The maximum absolute atomic E-state index is 13.2. The minimum atomic E-state index is 0.0539. The molecule has 2 aromatic carbocycles. The van der Waals surface area contributed by atoms with Gasteiger partial charge in [0.1, 0.15) is 0 Å². The van der Waals surface area contributed by atoms with Crippen LogP contribution in [0.3, 0.4) is 0 Å². The molecular formula is C21H19ClN2O. The van der Waals surface area contributed by atoms with Crippen LogP contribution in [0.2, 0.25) is 5.02 Å². The third-order valence-corrected chi connectivity index (χ3v) is 5.13. The Morgan fingerprint density at radius 1 is 1.16 bits per heavy atom. The van der Waals surface area contributed by atoms with Gasteiger partial charge in [-0.3, -0.25) is 9.78 Å². The van der Waals surface area contributed by atoms with Crippen LogP contribution < -0.4 is 0 Å². The average Bonchev–Trinajstić information content (AvgIpc) is 3.11. The minimum absolute atomic E-state index is 0.0539. The highest BCUT2D eigenvalue weighted by atomic mass is 35.5. The molecule has 4 rings (SSSR count). The van der Waals surface area contributed by atoms with E-state index in [-0.39, 0.29) is 11.9 Å². The van der Waals surface area contributed by atoms with E-state index in [0.717, 1.165) is 36.0 Å². The molecule has 1 aromatic heterocycles.